The lowest BCUT2D eigenvalue weighted by atomic mass is 9.76. The van der Waals surface area contributed by atoms with Crippen molar-refractivity contribution >= 4 is 0 Å². The predicted molar refractivity (Wildman–Crippen MR) is 107 cm³/mol. The zero-order valence-corrected chi connectivity index (χ0v) is 15.3. The van der Waals surface area contributed by atoms with Crippen molar-refractivity contribution in [3.8, 4) is 0 Å². The van der Waals surface area contributed by atoms with Gasteiger partial charge >= 0.3 is 0 Å². The van der Waals surface area contributed by atoms with E-state index < -0.39 is 0 Å². The van der Waals surface area contributed by atoms with Gasteiger partial charge in [-0.1, -0.05) is 94.4 Å². The van der Waals surface area contributed by atoms with E-state index in [2.05, 4.69) is 34.6 Å². The zero-order valence-electron chi connectivity index (χ0n) is 15.3. The van der Waals surface area contributed by atoms with Gasteiger partial charge in [-0.2, -0.15) is 0 Å². The van der Waals surface area contributed by atoms with E-state index in [4.69, 9.17) is 0 Å². The third-order valence-corrected chi connectivity index (χ3v) is 6.08. The minimum atomic E-state index is -0.00579. The van der Waals surface area contributed by atoms with Crippen molar-refractivity contribution in [1.82, 2.24) is 0 Å². The Morgan fingerprint density at radius 2 is 1.17 bits per heavy atom. The Bertz CT molecular complexity index is 253. The first-order valence-corrected chi connectivity index (χ1v) is 9.61. The molecule has 2 rings (SSSR count). The van der Waals surface area contributed by atoms with E-state index in [9.17, 15) is 5.11 Å². The summed E-state index contributed by atoms with van der Waals surface area (Å²) in [7, 11) is 0. The van der Waals surface area contributed by atoms with Crippen LogP contribution in [-0.4, -0.2) is 11.2 Å². The van der Waals surface area contributed by atoms with Gasteiger partial charge in [0.15, 0.2) is 0 Å². The van der Waals surface area contributed by atoms with E-state index in [0.717, 1.165) is 24.2 Å². The van der Waals surface area contributed by atoms with Gasteiger partial charge in [0.25, 0.3) is 0 Å². The molecule has 0 unspecified atom stereocenters. The molecule has 3 atom stereocenters. The summed E-state index contributed by atoms with van der Waals surface area (Å²) in [5.74, 6) is 4.13. The summed E-state index contributed by atoms with van der Waals surface area (Å²) >= 11 is 0. The fraction of sp³-hybridized carbons (Fsp3) is 1.00. The SMILES string of the molecule is C.C.CC(C)[C@@H](C)C1CCCCC1.CC(C)[C@@H]1CCCC[C@H]1O. The van der Waals surface area contributed by atoms with Crippen LogP contribution < -0.4 is 0 Å². The maximum absolute atomic E-state index is 9.54. The highest BCUT2D eigenvalue weighted by Gasteiger charge is 2.25. The maximum Gasteiger partial charge on any atom is 0.0570 e. The van der Waals surface area contributed by atoms with E-state index in [1.54, 1.807) is 0 Å². The molecule has 142 valence electrons. The topological polar surface area (TPSA) is 20.2 Å². The normalized spacial score (nSPS) is 26.6. The minimum absolute atomic E-state index is 0. The van der Waals surface area contributed by atoms with Gasteiger partial charge in [-0.25, -0.2) is 0 Å². The van der Waals surface area contributed by atoms with Crippen LogP contribution >= 0.6 is 0 Å². The second kappa shape index (κ2) is 13.3. The second-order valence-corrected chi connectivity index (χ2v) is 8.26. The van der Waals surface area contributed by atoms with Crippen LogP contribution in [0.5, 0.6) is 0 Å². The fourth-order valence-corrected chi connectivity index (χ4v) is 4.12. The zero-order chi connectivity index (χ0) is 15.8. The molecular weight excluding hydrogens is 280 g/mol. The molecule has 0 radical (unpaired) electrons. The van der Waals surface area contributed by atoms with Crippen molar-refractivity contribution in [2.45, 2.75) is 113 Å². The Morgan fingerprint density at radius 3 is 1.57 bits per heavy atom. The van der Waals surface area contributed by atoms with E-state index in [-0.39, 0.29) is 21.0 Å². The summed E-state index contributed by atoms with van der Waals surface area (Å²) in [6, 6.07) is 0. The monoisotopic (exact) mass is 328 g/mol. The van der Waals surface area contributed by atoms with Gasteiger partial charge < -0.3 is 5.11 Å². The van der Waals surface area contributed by atoms with Crippen molar-refractivity contribution in [3.05, 3.63) is 0 Å². The first kappa shape index (κ1) is 25.2. The van der Waals surface area contributed by atoms with Crippen molar-refractivity contribution in [2.75, 3.05) is 0 Å². The molecule has 0 bridgehead atoms. The Hall–Kier alpha value is -0.0400. The Kier molecular flexibility index (Phi) is 14.5. The first-order chi connectivity index (χ1) is 9.93. The molecule has 23 heavy (non-hydrogen) atoms. The molecule has 0 saturated heterocycles. The summed E-state index contributed by atoms with van der Waals surface area (Å²) in [5, 5.41) is 9.54. The molecule has 2 aliphatic rings. The highest BCUT2D eigenvalue weighted by Crippen LogP contribution is 2.33. The first-order valence-electron chi connectivity index (χ1n) is 9.61. The lowest BCUT2D eigenvalue weighted by Crippen LogP contribution is -2.28. The number of rotatable bonds is 3. The van der Waals surface area contributed by atoms with Crippen molar-refractivity contribution in [2.24, 2.45) is 29.6 Å². The van der Waals surface area contributed by atoms with Gasteiger partial charge in [0, 0.05) is 0 Å². The van der Waals surface area contributed by atoms with Gasteiger partial charge in [0.2, 0.25) is 0 Å². The highest BCUT2D eigenvalue weighted by molar-refractivity contribution is 4.76. The maximum atomic E-state index is 9.54. The van der Waals surface area contributed by atoms with Crippen LogP contribution in [0, 0.1) is 29.6 Å². The minimum Gasteiger partial charge on any atom is -0.393 e. The molecule has 2 saturated carbocycles. The standard InChI is InChI=1S/C11H22.C9H18O.2CH4/c1-9(2)10(3)11-7-5-4-6-8-11;1-7(2)8-5-3-4-6-9(8)10;;/h9-11H,4-8H2,1-3H3;7-10H,3-6H2,1-2H3;2*1H4/t10-;8-,9+;;/m10../s1. The van der Waals surface area contributed by atoms with Crippen molar-refractivity contribution in [3.63, 3.8) is 0 Å². The highest BCUT2D eigenvalue weighted by atomic mass is 16.3. The molecule has 1 nitrogen and oxygen atoms in total. The molecule has 0 spiro atoms. The van der Waals surface area contributed by atoms with E-state index in [1.165, 1.54) is 51.4 Å². The molecule has 0 aromatic carbocycles. The molecule has 1 heteroatoms. The molecule has 0 aromatic rings. The largest absolute Gasteiger partial charge is 0.393 e. The molecule has 2 fully saturated rings. The number of hydrogen-bond donors (Lipinski definition) is 1. The van der Waals surface area contributed by atoms with E-state index in [1.807, 2.05) is 0 Å². The molecule has 0 aromatic heterocycles. The van der Waals surface area contributed by atoms with Gasteiger partial charge in [0.1, 0.15) is 0 Å². The average molecular weight is 329 g/mol. The van der Waals surface area contributed by atoms with Crippen LogP contribution in [0.1, 0.15) is 107 Å². The molecular formula is C22H48O. The van der Waals surface area contributed by atoms with Crippen LogP contribution in [0.15, 0.2) is 0 Å². The molecule has 0 aliphatic heterocycles. The molecule has 1 N–H and O–H groups in total. The van der Waals surface area contributed by atoms with Crippen LogP contribution in [-0.2, 0) is 0 Å². The predicted octanol–water partition coefficient (Wildman–Crippen LogP) is 7.32. The van der Waals surface area contributed by atoms with Gasteiger partial charge in [0.05, 0.1) is 6.10 Å². The number of hydrogen-bond acceptors (Lipinski definition) is 1. The quantitative estimate of drug-likeness (QED) is 0.575. The lowest BCUT2D eigenvalue weighted by molar-refractivity contribution is 0.0456. The van der Waals surface area contributed by atoms with Gasteiger partial charge in [-0.15, -0.1) is 0 Å². The van der Waals surface area contributed by atoms with Crippen LogP contribution in [0.4, 0.5) is 0 Å². The molecule has 0 amide bonds. The Labute approximate surface area is 148 Å². The Morgan fingerprint density at radius 1 is 0.696 bits per heavy atom. The molecule has 2 aliphatic carbocycles. The third-order valence-electron chi connectivity index (χ3n) is 6.08. The van der Waals surface area contributed by atoms with Crippen LogP contribution in [0.25, 0.3) is 0 Å². The van der Waals surface area contributed by atoms with E-state index in [0.29, 0.717) is 11.8 Å². The lowest BCUT2D eigenvalue weighted by Gasteiger charge is -2.30. The number of aliphatic hydroxyl groups is 1. The Balaban J connectivity index is 0. The molecule has 0 heterocycles. The summed E-state index contributed by atoms with van der Waals surface area (Å²) in [6.07, 6.45) is 12.3. The van der Waals surface area contributed by atoms with Crippen molar-refractivity contribution < 1.29 is 5.11 Å². The number of aliphatic hydroxyl groups excluding tert-OH is 1. The van der Waals surface area contributed by atoms with Gasteiger partial charge in [-0.05, 0) is 42.4 Å². The fourth-order valence-electron chi connectivity index (χ4n) is 4.12. The summed E-state index contributed by atoms with van der Waals surface area (Å²) in [6.45, 7) is 11.6. The summed E-state index contributed by atoms with van der Waals surface area (Å²) in [4.78, 5) is 0. The smallest absolute Gasteiger partial charge is 0.0570 e. The summed E-state index contributed by atoms with van der Waals surface area (Å²) in [5.41, 5.74) is 0. The second-order valence-electron chi connectivity index (χ2n) is 8.26. The van der Waals surface area contributed by atoms with Crippen LogP contribution in [0.3, 0.4) is 0 Å². The van der Waals surface area contributed by atoms with Crippen LogP contribution in [0.2, 0.25) is 0 Å². The summed E-state index contributed by atoms with van der Waals surface area (Å²) < 4.78 is 0. The van der Waals surface area contributed by atoms with Crippen molar-refractivity contribution in [1.29, 1.82) is 0 Å². The average Bonchev–Trinajstić information content (AvgIpc) is 2.48. The third kappa shape index (κ3) is 9.13. The van der Waals surface area contributed by atoms with Gasteiger partial charge in [-0.3, -0.25) is 0 Å². The van der Waals surface area contributed by atoms with E-state index >= 15 is 0 Å².